The zero-order valence-corrected chi connectivity index (χ0v) is 10.6. The largest absolute Gasteiger partial charge is 0.454 e. The molecule has 0 bridgehead atoms. The van der Waals surface area contributed by atoms with Gasteiger partial charge < -0.3 is 9.84 Å². The van der Waals surface area contributed by atoms with Crippen LogP contribution in [0.2, 0.25) is 0 Å². The summed E-state index contributed by atoms with van der Waals surface area (Å²) in [5.74, 6) is -1.59. The highest BCUT2D eigenvalue weighted by molar-refractivity contribution is 5.45. The third kappa shape index (κ3) is 2.92. The van der Waals surface area contributed by atoms with E-state index in [1.54, 1.807) is 0 Å². The number of rotatable bonds is 3. The molecule has 102 valence electrons. The third-order valence-corrected chi connectivity index (χ3v) is 2.71. The van der Waals surface area contributed by atoms with Gasteiger partial charge in [-0.05, 0) is 31.2 Å². The van der Waals surface area contributed by atoms with Crippen LogP contribution in [0, 0.1) is 23.0 Å². The lowest BCUT2D eigenvalue weighted by molar-refractivity contribution is 0.195. The Bertz CT molecular complexity index is 678. The lowest BCUT2D eigenvalue weighted by atomic mass is 10.1. The molecule has 0 aromatic heterocycles. The molecule has 0 aliphatic heterocycles. The van der Waals surface area contributed by atoms with Crippen LogP contribution in [0.15, 0.2) is 36.4 Å². The second kappa shape index (κ2) is 5.68. The van der Waals surface area contributed by atoms with Crippen molar-refractivity contribution < 1.29 is 18.6 Å². The maximum absolute atomic E-state index is 13.6. The van der Waals surface area contributed by atoms with Gasteiger partial charge in [-0.3, -0.25) is 0 Å². The molecule has 2 aromatic carbocycles. The van der Waals surface area contributed by atoms with Gasteiger partial charge in [-0.25, -0.2) is 8.78 Å². The summed E-state index contributed by atoms with van der Waals surface area (Å²) in [4.78, 5) is 0. The Morgan fingerprint density at radius 1 is 1.15 bits per heavy atom. The highest BCUT2D eigenvalue weighted by Gasteiger charge is 2.13. The van der Waals surface area contributed by atoms with Gasteiger partial charge in [0.25, 0.3) is 0 Å². The molecule has 0 amide bonds. The molecule has 0 spiro atoms. The van der Waals surface area contributed by atoms with Gasteiger partial charge in [-0.15, -0.1) is 0 Å². The first kappa shape index (κ1) is 14.0. The number of aliphatic hydroxyl groups excluding tert-OH is 1. The van der Waals surface area contributed by atoms with E-state index in [0.717, 1.165) is 12.1 Å². The predicted octanol–water partition coefficient (Wildman–Crippen LogP) is 3.68. The van der Waals surface area contributed by atoms with Crippen molar-refractivity contribution in [2.45, 2.75) is 13.0 Å². The second-order valence-electron chi connectivity index (χ2n) is 4.22. The highest BCUT2D eigenvalue weighted by Crippen LogP contribution is 2.32. The van der Waals surface area contributed by atoms with Gasteiger partial charge >= 0.3 is 0 Å². The summed E-state index contributed by atoms with van der Waals surface area (Å²) in [5.41, 5.74) is 0.722. The Balaban J connectivity index is 2.43. The summed E-state index contributed by atoms with van der Waals surface area (Å²) in [7, 11) is 0. The molecule has 1 unspecified atom stereocenters. The van der Waals surface area contributed by atoms with E-state index in [2.05, 4.69) is 0 Å². The lowest BCUT2D eigenvalue weighted by Crippen LogP contribution is -1.98. The summed E-state index contributed by atoms with van der Waals surface area (Å²) in [6, 6.07) is 9.29. The van der Waals surface area contributed by atoms with Gasteiger partial charge in [-0.2, -0.15) is 5.26 Å². The minimum atomic E-state index is -0.857. The molecule has 0 radical (unpaired) electrons. The van der Waals surface area contributed by atoms with E-state index >= 15 is 0 Å². The summed E-state index contributed by atoms with van der Waals surface area (Å²) in [5, 5.41) is 18.5. The van der Waals surface area contributed by atoms with Crippen LogP contribution in [0.4, 0.5) is 8.78 Å². The van der Waals surface area contributed by atoms with Crippen molar-refractivity contribution in [3.63, 3.8) is 0 Å². The first-order valence-electron chi connectivity index (χ1n) is 5.86. The van der Waals surface area contributed by atoms with Crippen LogP contribution in [0.5, 0.6) is 11.5 Å². The maximum Gasteiger partial charge on any atom is 0.168 e. The van der Waals surface area contributed by atoms with Gasteiger partial charge in [0.2, 0.25) is 0 Å². The highest BCUT2D eigenvalue weighted by atomic mass is 19.1. The summed E-state index contributed by atoms with van der Waals surface area (Å²) >= 11 is 0. The van der Waals surface area contributed by atoms with Gasteiger partial charge in [-0.1, -0.05) is 6.07 Å². The van der Waals surface area contributed by atoms with Crippen molar-refractivity contribution in [2.75, 3.05) is 0 Å². The number of ether oxygens (including phenoxy) is 1. The number of hydrogen-bond donors (Lipinski definition) is 1. The quantitative estimate of drug-likeness (QED) is 0.929. The standard InChI is InChI=1S/C15H11F2NO2/c1-9(19)12-4-2-10(8-18)6-15(12)20-14-5-3-11(16)7-13(14)17/h2-7,9,19H,1H3. The average molecular weight is 275 g/mol. The summed E-state index contributed by atoms with van der Waals surface area (Å²) < 4.78 is 31.7. The van der Waals surface area contributed by atoms with E-state index in [4.69, 9.17) is 10.00 Å². The predicted molar refractivity (Wildman–Crippen MR) is 68.2 cm³/mol. The van der Waals surface area contributed by atoms with Crippen molar-refractivity contribution in [3.05, 3.63) is 59.2 Å². The van der Waals surface area contributed by atoms with E-state index in [0.29, 0.717) is 17.2 Å². The zero-order valence-electron chi connectivity index (χ0n) is 10.6. The fraction of sp³-hybridized carbons (Fsp3) is 0.133. The molecule has 0 aliphatic carbocycles. The van der Waals surface area contributed by atoms with Crippen molar-refractivity contribution >= 4 is 0 Å². The number of hydrogen-bond acceptors (Lipinski definition) is 3. The van der Waals surface area contributed by atoms with E-state index in [-0.39, 0.29) is 11.5 Å². The van der Waals surface area contributed by atoms with Crippen LogP contribution in [-0.4, -0.2) is 5.11 Å². The minimum absolute atomic E-state index is 0.157. The molecule has 5 heteroatoms. The molecule has 1 N–H and O–H groups in total. The summed E-state index contributed by atoms with van der Waals surface area (Å²) in [6.45, 7) is 1.52. The fourth-order valence-corrected chi connectivity index (χ4v) is 1.71. The molecule has 0 fully saturated rings. The molecule has 0 aliphatic rings. The monoisotopic (exact) mass is 275 g/mol. The SMILES string of the molecule is CC(O)c1ccc(C#N)cc1Oc1ccc(F)cc1F. The number of aliphatic hydroxyl groups is 1. The molecule has 0 heterocycles. The van der Waals surface area contributed by atoms with Crippen LogP contribution in [0.25, 0.3) is 0 Å². The van der Waals surface area contributed by atoms with Gasteiger partial charge in [0, 0.05) is 11.6 Å². The van der Waals surface area contributed by atoms with E-state index in [1.165, 1.54) is 25.1 Å². The molecular formula is C15H11F2NO2. The molecule has 2 rings (SSSR count). The third-order valence-electron chi connectivity index (χ3n) is 2.71. The van der Waals surface area contributed by atoms with Crippen molar-refractivity contribution in [2.24, 2.45) is 0 Å². The van der Waals surface area contributed by atoms with Crippen LogP contribution in [-0.2, 0) is 0 Å². The molecule has 2 aromatic rings. The topological polar surface area (TPSA) is 53.2 Å². The van der Waals surface area contributed by atoms with Gasteiger partial charge in [0.1, 0.15) is 11.6 Å². The Morgan fingerprint density at radius 3 is 2.50 bits per heavy atom. The number of nitriles is 1. The van der Waals surface area contributed by atoms with Crippen molar-refractivity contribution in [3.8, 4) is 17.6 Å². The number of halogens is 2. The van der Waals surface area contributed by atoms with Crippen LogP contribution in [0.1, 0.15) is 24.2 Å². The Hall–Kier alpha value is -2.45. The van der Waals surface area contributed by atoms with Crippen LogP contribution >= 0.6 is 0 Å². The molecule has 0 saturated carbocycles. The molecule has 0 saturated heterocycles. The van der Waals surface area contributed by atoms with Crippen LogP contribution in [0.3, 0.4) is 0 Å². The molecule has 1 atom stereocenters. The Labute approximate surface area is 114 Å². The van der Waals surface area contributed by atoms with E-state index in [1.807, 2.05) is 6.07 Å². The average Bonchev–Trinajstić information content (AvgIpc) is 2.41. The second-order valence-corrected chi connectivity index (χ2v) is 4.22. The van der Waals surface area contributed by atoms with Crippen molar-refractivity contribution in [1.82, 2.24) is 0 Å². The molecular weight excluding hydrogens is 264 g/mol. The normalized spacial score (nSPS) is 11.8. The lowest BCUT2D eigenvalue weighted by Gasteiger charge is -2.14. The van der Waals surface area contributed by atoms with Gasteiger partial charge in [0.05, 0.1) is 17.7 Å². The van der Waals surface area contributed by atoms with Crippen LogP contribution < -0.4 is 4.74 Å². The zero-order chi connectivity index (χ0) is 14.7. The maximum atomic E-state index is 13.6. The fourth-order valence-electron chi connectivity index (χ4n) is 1.71. The Morgan fingerprint density at radius 2 is 1.90 bits per heavy atom. The number of nitrogens with zero attached hydrogens (tertiary/aromatic N) is 1. The van der Waals surface area contributed by atoms with Gasteiger partial charge in [0.15, 0.2) is 11.6 Å². The smallest absolute Gasteiger partial charge is 0.168 e. The minimum Gasteiger partial charge on any atom is -0.454 e. The van der Waals surface area contributed by atoms with E-state index in [9.17, 15) is 13.9 Å². The first-order chi connectivity index (χ1) is 9.51. The molecule has 3 nitrogen and oxygen atoms in total. The Kier molecular flexibility index (Phi) is 3.97. The van der Waals surface area contributed by atoms with Crippen molar-refractivity contribution in [1.29, 1.82) is 5.26 Å². The van der Waals surface area contributed by atoms with E-state index < -0.39 is 17.7 Å². The molecule has 20 heavy (non-hydrogen) atoms. The summed E-state index contributed by atoms with van der Waals surface area (Å²) in [6.07, 6.45) is -0.846. The number of benzene rings is 2. The first-order valence-corrected chi connectivity index (χ1v) is 5.86.